The molecule has 0 spiro atoms. The molecule has 0 aliphatic carbocycles. The number of alkyl halides is 3. The predicted octanol–water partition coefficient (Wildman–Crippen LogP) is 2.95. The quantitative estimate of drug-likeness (QED) is 0.734. The van der Waals surface area contributed by atoms with E-state index in [-0.39, 0.29) is 6.54 Å². The molecular formula is C11H17F3N2. The smallest absolute Gasteiger partial charge is 0.302 e. The van der Waals surface area contributed by atoms with Gasteiger partial charge in [-0.3, -0.25) is 0 Å². The largest absolute Gasteiger partial charge is 0.405 e. The van der Waals surface area contributed by atoms with Crippen molar-refractivity contribution in [1.82, 2.24) is 4.90 Å². The Kier molecular flexibility index (Phi) is 5.07. The molecule has 0 N–H and O–H groups in total. The van der Waals surface area contributed by atoms with Crippen molar-refractivity contribution in [2.45, 2.75) is 38.3 Å². The molecule has 92 valence electrons. The van der Waals surface area contributed by atoms with Gasteiger partial charge in [0.05, 0.1) is 6.07 Å². The Labute approximate surface area is 94.0 Å². The van der Waals surface area contributed by atoms with Gasteiger partial charge < -0.3 is 4.90 Å². The van der Waals surface area contributed by atoms with E-state index < -0.39 is 12.1 Å². The molecule has 1 rings (SSSR count). The average molecular weight is 234 g/mol. The first-order valence-corrected chi connectivity index (χ1v) is 5.72. The van der Waals surface area contributed by atoms with Crippen molar-refractivity contribution >= 4 is 0 Å². The molecule has 1 aliphatic rings. The molecule has 1 aliphatic heterocycles. The predicted molar refractivity (Wildman–Crippen MR) is 54.7 cm³/mol. The van der Waals surface area contributed by atoms with Crippen LogP contribution in [0.25, 0.3) is 0 Å². The molecule has 0 aromatic heterocycles. The highest BCUT2D eigenvalue weighted by Crippen LogP contribution is 2.27. The van der Waals surface area contributed by atoms with Crippen molar-refractivity contribution in [2.24, 2.45) is 5.92 Å². The van der Waals surface area contributed by atoms with Gasteiger partial charge in [0.25, 0.3) is 0 Å². The summed E-state index contributed by atoms with van der Waals surface area (Å²) in [6, 6.07) is 1.36. The van der Waals surface area contributed by atoms with E-state index in [1.165, 1.54) is 12.5 Å². The molecule has 1 fully saturated rings. The van der Waals surface area contributed by atoms with Crippen molar-refractivity contribution in [3.05, 3.63) is 0 Å². The number of likely N-dealkylation sites (tertiary alicyclic amines) is 1. The summed E-state index contributed by atoms with van der Waals surface area (Å²) in [5.74, 6) is -1.84. The van der Waals surface area contributed by atoms with Crippen LogP contribution in [0.1, 0.15) is 32.1 Å². The molecule has 0 bridgehead atoms. The molecule has 0 aromatic carbocycles. The lowest BCUT2D eigenvalue weighted by atomic mass is 10.1. The molecule has 0 saturated carbocycles. The van der Waals surface area contributed by atoms with E-state index in [1.807, 2.05) is 0 Å². The number of halogens is 3. The van der Waals surface area contributed by atoms with Crippen molar-refractivity contribution in [2.75, 3.05) is 19.6 Å². The van der Waals surface area contributed by atoms with Gasteiger partial charge in [0.2, 0.25) is 0 Å². The average Bonchev–Trinajstić information content (AvgIpc) is 2.14. The first-order chi connectivity index (χ1) is 7.54. The van der Waals surface area contributed by atoms with Crippen LogP contribution in [0.2, 0.25) is 0 Å². The molecule has 1 unspecified atom stereocenters. The van der Waals surface area contributed by atoms with Crippen LogP contribution in [0.3, 0.4) is 0 Å². The van der Waals surface area contributed by atoms with E-state index in [4.69, 9.17) is 5.26 Å². The van der Waals surface area contributed by atoms with Crippen LogP contribution in [-0.4, -0.2) is 30.7 Å². The zero-order chi connectivity index (χ0) is 12.0. The highest BCUT2D eigenvalue weighted by molar-refractivity contribution is 4.90. The molecule has 5 heteroatoms. The second-order valence-electron chi connectivity index (χ2n) is 4.29. The Morgan fingerprint density at radius 3 is 2.00 bits per heavy atom. The maximum absolute atomic E-state index is 12.4. The van der Waals surface area contributed by atoms with Gasteiger partial charge in [-0.1, -0.05) is 19.3 Å². The van der Waals surface area contributed by atoms with Crippen LogP contribution in [-0.2, 0) is 0 Å². The third kappa shape index (κ3) is 4.40. The molecule has 2 nitrogen and oxygen atoms in total. The fourth-order valence-corrected chi connectivity index (χ4v) is 1.97. The van der Waals surface area contributed by atoms with Gasteiger partial charge >= 0.3 is 6.18 Å². The summed E-state index contributed by atoms with van der Waals surface area (Å²) >= 11 is 0. The third-order valence-corrected chi connectivity index (χ3v) is 2.94. The molecule has 1 atom stereocenters. The van der Waals surface area contributed by atoms with Gasteiger partial charge in [-0.2, -0.15) is 18.4 Å². The monoisotopic (exact) mass is 234 g/mol. The number of rotatable bonds is 2. The lowest BCUT2D eigenvalue weighted by Crippen LogP contribution is -2.37. The van der Waals surface area contributed by atoms with Crippen molar-refractivity contribution < 1.29 is 13.2 Å². The van der Waals surface area contributed by atoms with Crippen LogP contribution in [0.5, 0.6) is 0 Å². The number of hydrogen-bond donors (Lipinski definition) is 0. The summed E-state index contributed by atoms with van der Waals surface area (Å²) in [5.41, 5.74) is 0. The summed E-state index contributed by atoms with van der Waals surface area (Å²) in [4.78, 5) is 1.78. The van der Waals surface area contributed by atoms with Crippen LogP contribution in [0, 0.1) is 17.2 Å². The number of nitrogens with zero attached hydrogens (tertiary/aromatic N) is 2. The van der Waals surface area contributed by atoms with E-state index >= 15 is 0 Å². The Balaban J connectivity index is 2.46. The zero-order valence-electron chi connectivity index (χ0n) is 9.26. The molecule has 0 radical (unpaired) electrons. The molecule has 1 heterocycles. The zero-order valence-corrected chi connectivity index (χ0v) is 9.26. The Bertz CT molecular complexity index is 237. The topological polar surface area (TPSA) is 27.0 Å². The standard InChI is InChI=1S/C11H17F3N2/c12-11(13,14)10(8-15)9-16-6-4-2-1-3-5-7-16/h10H,1-7,9H2. The highest BCUT2D eigenvalue weighted by atomic mass is 19.4. The minimum Gasteiger partial charge on any atom is -0.302 e. The summed E-state index contributed by atoms with van der Waals surface area (Å²) in [6.45, 7) is 1.21. The maximum atomic E-state index is 12.4. The van der Waals surface area contributed by atoms with E-state index in [2.05, 4.69) is 0 Å². The second-order valence-corrected chi connectivity index (χ2v) is 4.29. The first kappa shape index (κ1) is 13.3. The van der Waals surface area contributed by atoms with Gasteiger partial charge in [-0.15, -0.1) is 0 Å². The molecular weight excluding hydrogens is 217 g/mol. The Hall–Kier alpha value is -0.760. The Morgan fingerprint density at radius 1 is 1.06 bits per heavy atom. The van der Waals surface area contributed by atoms with Crippen LogP contribution in [0.4, 0.5) is 13.2 Å². The molecule has 0 amide bonds. The van der Waals surface area contributed by atoms with Crippen LogP contribution < -0.4 is 0 Å². The van der Waals surface area contributed by atoms with Gasteiger partial charge in [0.1, 0.15) is 0 Å². The lowest BCUT2D eigenvalue weighted by Gasteiger charge is -2.27. The minimum atomic E-state index is -4.39. The maximum Gasteiger partial charge on any atom is 0.405 e. The molecule has 16 heavy (non-hydrogen) atoms. The SMILES string of the molecule is N#CC(CN1CCCCCCC1)C(F)(F)F. The Morgan fingerprint density at radius 2 is 1.56 bits per heavy atom. The lowest BCUT2D eigenvalue weighted by molar-refractivity contribution is -0.163. The van der Waals surface area contributed by atoms with Crippen LogP contribution >= 0.6 is 0 Å². The second kappa shape index (κ2) is 6.09. The van der Waals surface area contributed by atoms with Crippen molar-refractivity contribution in [3.63, 3.8) is 0 Å². The number of nitriles is 1. The fourth-order valence-electron chi connectivity index (χ4n) is 1.97. The molecule has 0 aromatic rings. The third-order valence-electron chi connectivity index (χ3n) is 2.94. The summed E-state index contributed by atoms with van der Waals surface area (Å²) in [5, 5.41) is 8.52. The van der Waals surface area contributed by atoms with E-state index in [0.717, 1.165) is 25.7 Å². The molecule has 1 saturated heterocycles. The van der Waals surface area contributed by atoms with Gasteiger partial charge in [-0.25, -0.2) is 0 Å². The highest BCUT2D eigenvalue weighted by Gasteiger charge is 2.40. The normalized spacial score (nSPS) is 21.9. The van der Waals surface area contributed by atoms with Gasteiger partial charge in [0.15, 0.2) is 5.92 Å². The fraction of sp³-hybridized carbons (Fsp3) is 0.909. The number of hydrogen-bond acceptors (Lipinski definition) is 2. The van der Waals surface area contributed by atoms with Crippen molar-refractivity contribution in [3.8, 4) is 6.07 Å². The summed E-state index contributed by atoms with van der Waals surface area (Å²) in [6.07, 6.45) is 0.831. The first-order valence-electron chi connectivity index (χ1n) is 5.72. The van der Waals surface area contributed by atoms with Gasteiger partial charge in [0, 0.05) is 6.54 Å². The van der Waals surface area contributed by atoms with E-state index in [1.54, 1.807) is 4.90 Å². The van der Waals surface area contributed by atoms with E-state index in [9.17, 15) is 13.2 Å². The van der Waals surface area contributed by atoms with Gasteiger partial charge in [-0.05, 0) is 25.9 Å². The summed E-state index contributed by atoms with van der Waals surface area (Å²) in [7, 11) is 0. The summed E-state index contributed by atoms with van der Waals surface area (Å²) < 4.78 is 37.2. The van der Waals surface area contributed by atoms with Crippen LogP contribution in [0.15, 0.2) is 0 Å². The van der Waals surface area contributed by atoms with E-state index in [0.29, 0.717) is 13.1 Å². The minimum absolute atomic E-state index is 0.167. The van der Waals surface area contributed by atoms with Crippen molar-refractivity contribution in [1.29, 1.82) is 5.26 Å².